The average molecular weight is 363 g/mol. The van der Waals surface area contributed by atoms with Crippen LogP contribution < -0.4 is 0 Å². The molecule has 1 N–H and O–H groups in total. The zero-order valence-corrected chi connectivity index (χ0v) is 16.2. The fourth-order valence-corrected chi connectivity index (χ4v) is 3.13. The number of hydrogen-bond acceptors (Lipinski definition) is 4. The van der Waals surface area contributed by atoms with Crippen LogP contribution in [0.25, 0.3) is 0 Å². The van der Waals surface area contributed by atoms with Crippen molar-refractivity contribution in [2.24, 2.45) is 11.8 Å². The zero-order valence-electron chi connectivity index (χ0n) is 16.2. The number of rotatable bonds is 13. The van der Waals surface area contributed by atoms with Gasteiger partial charge in [0.25, 0.3) is 0 Å². The predicted octanol–water partition coefficient (Wildman–Crippen LogP) is 4.53. The first-order chi connectivity index (χ1) is 12.6. The summed E-state index contributed by atoms with van der Waals surface area (Å²) in [4.78, 5) is 23.2. The van der Waals surface area contributed by atoms with Gasteiger partial charge in [-0.2, -0.15) is 0 Å². The van der Waals surface area contributed by atoms with Gasteiger partial charge in [-0.25, -0.2) is 4.79 Å². The lowest BCUT2D eigenvalue weighted by Crippen LogP contribution is -2.14. The Balaban J connectivity index is 2.31. The van der Waals surface area contributed by atoms with E-state index in [1.54, 1.807) is 19.1 Å². The summed E-state index contributed by atoms with van der Waals surface area (Å²) in [6, 6.07) is 0. The molecule has 0 saturated carbocycles. The molecule has 146 valence electrons. The fraction of sp³-hybridized carbons (Fsp3) is 0.636. The van der Waals surface area contributed by atoms with Crippen LogP contribution in [0.1, 0.15) is 65.2 Å². The van der Waals surface area contributed by atoms with Crippen LogP contribution in [0.3, 0.4) is 0 Å². The van der Waals surface area contributed by atoms with Crippen LogP contribution in [-0.2, 0) is 14.3 Å². The van der Waals surface area contributed by atoms with E-state index in [1.807, 2.05) is 18.2 Å². The van der Waals surface area contributed by atoms with E-state index in [9.17, 15) is 14.7 Å². The molecule has 4 nitrogen and oxygen atoms in total. The number of unbranched alkanes of at least 4 members (excludes halogenated alkanes) is 4. The van der Waals surface area contributed by atoms with Crippen molar-refractivity contribution in [3.63, 3.8) is 0 Å². The molecule has 0 radical (unpaired) electrons. The van der Waals surface area contributed by atoms with Crippen LogP contribution in [0.5, 0.6) is 0 Å². The van der Waals surface area contributed by atoms with Crippen LogP contribution >= 0.6 is 0 Å². The second kappa shape index (κ2) is 13.5. The summed E-state index contributed by atoms with van der Waals surface area (Å²) in [6.45, 7) is 4.33. The van der Waals surface area contributed by atoms with Gasteiger partial charge < -0.3 is 9.84 Å². The Morgan fingerprint density at radius 2 is 2.08 bits per heavy atom. The molecule has 0 heterocycles. The maximum absolute atomic E-state index is 12.0. The molecule has 0 saturated heterocycles. The minimum absolute atomic E-state index is 0.133. The van der Waals surface area contributed by atoms with Crippen molar-refractivity contribution in [3.8, 4) is 0 Å². The number of ketones is 1. The number of hydrogen-bond donors (Lipinski definition) is 1. The average Bonchev–Trinajstić information content (AvgIpc) is 2.96. The largest absolute Gasteiger partial charge is 0.463 e. The van der Waals surface area contributed by atoms with Crippen LogP contribution in [-0.4, -0.2) is 29.6 Å². The van der Waals surface area contributed by atoms with Crippen molar-refractivity contribution in [3.05, 3.63) is 36.5 Å². The van der Waals surface area contributed by atoms with Crippen LogP contribution in [0.15, 0.2) is 36.5 Å². The van der Waals surface area contributed by atoms with E-state index in [2.05, 4.69) is 6.92 Å². The zero-order chi connectivity index (χ0) is 19.2. The van der Waals surface area contributed by atoms with E-state index >= 15 is 0 Å². The first-order valence-corrected chi connectivity index (χ1v) is 10.00. The molecule has 0 aliphatic heterocycles. The number of carbonyl (C=O) groups is 2. The van der Waals surface area contributed by atoms with Crippen molar-refractivity contribution in [2.75, 3.05) is 6.61 Å². The second-order valence-corrected chi connectivity index (χ2v) is 6.84. The predicted molar refractivity (Wildman–Crippen MR) is 105 cm³/mol. The molecule has 0 fully saturated rings. The molecule has 0 aromatic carbocycles. The number of allylic oxidation sites excluding steroid dienone is 4. The van der Waals surface area contributed by atoms with E-state index < -0.39 is 6.10 Å². The summed E-state index contributed by atoms with van der Waals surface area (Å²) in [5.74, 6) is -0.0738. The molecule has 1 aliphatic carbocycles. The number of ether oxygens (including phenoxy) is 1. The van der Waals surface area contributed by atoms with Gasteiger partial charge in [0.05, 0.1) is 12.7 Å². The minimum atomic E-state index is -0.455. The highest BCUT2D eigenvalue weighted by atomic mass is 16.5. The lowest BCUT2D eigenvalue weighted by molar-refractivity contribution is -0.137. The van der Waals surface area contributed by atoms with Gasteiger partial charge >= 0.3 is 5.97 Å². The van der Waals surface area contributed by atoms with Gasteiger partial charge in [0.1, 0.15) is 0 Å². The van der Waals surface area contributed by atoms with Crippen molar-refractivity contribution >= 4 is 11.8 Å². The molecule has 0 spiro atoms. The maximum atomic E-state index is 12.0. The Labute approximate surface area is 158 Å². The third-order valence-electron chi connectivity index (χ3n) is 4.64. The topological polar surface area (TPSA) is 63.6 Å². The van der Waals surface area contributed by atoms with E-state index in [4.69, 9.17) is 4.74 Å². The summed E-state index contributed by atoms with van der Waals surface area (Å²) in [7, 11) is 0. The third kappa shape index (κ3) is 9.14. The maximum Gasteiger partial charge on any atom is 0.330 e. The summed E-state index contributed by atoms with van der Waals surface area (Å²) < 4.78 is 4.83. The van der Waals surface area contributed by atoms with E-state index in [0.29, 0.717) is 6.61 Å². The number of aliphatic hydroxyl groups excluding tert-OH is 1. The highest BCUT2D eigenvalue weighted by Gasteiger charge is 2.27. The van der Waals surface area contributed by atoms with Gasteiger partial charge in [-0.1, -0.05) is 56.9 Å². The van der Waals surface area contributed by atoms with Gasteiger partial charge in [0.2, 0.25) is 0 Å². The van der Waals surface area contributed by atoms with Crippen molar-refractivity contribution in [1.82, 2.24) is 0 Å². The molecule has 4 heteroatoms. The van der Waals surface area contributed by atoms with Gasteiger partial charge in [0.15, 0.2) is 5.78 Å². The Hall–Kier alpha value is -1.68. The summed E-state index contributed by atoms with van der Waals surface area (Å²) in [5.41, 5.74) is 0. The fourth-order valence-electron chi connectivity index (χ4n) is 3.13. The molecule has 0 unspecified atom stereocenters. The molecule has 1 aliphatic rings. The van der Waals surface area contributed by atoms with Gasteiger partial charge in [-0.15, -0.1) is 0 Å². The normalized spacial score (nSPS) is 21.1. The molecular weight excluding hydrogens is 328 g/mol. The van der Waals surface area contributed by atoms with Crippen molar-refractivity contribution < 1.29 is 19.4 Å². The highest BCUT2D eigenvalue weighted by molar-refractivity contribution is 5.95. The standard InChI is InChI=1S/C22H34O4/c1-3-5-8-12-19(23)15-16-20-18(14-17-21(20)24)11-9-6-7-10-13-22(25)26-4-2/h10,13-20,23H,3-9,11-12H2,1-2H3/b13-10+,16-15+/t18-,19-,20+/m0/s1. The molecular formula is C22H34O4. The van der Waals surface area contributed by atoms with Crippen LogP contribution in [0.2, 0.25) is 0 Å². The molecule has 0 aromatic heterocycles. The van der Waals surface area contributed by atoms with Crippen LogP contribution in [0, 0.1) is 11.8 Å². The molecule has 0 amide bonds. The van der Waals surface area contributed by atoms with Gasteiger partial charge in [-0.05, 0) is 44.6 Å². The number of aliphatic hydroxyl groups is 1. The Kier molecular flexibility index (Phi) is 11.6. The second-order valence-electron chi connectivity index (χ2n) is 6.84. The van der Waals surface area contributed by atoms with Gasteiger partial charge in [-0.3, -0.25) is 4.79 Å². The minimum Gasteiger partial charge on any atom is -0.463 e. The summed E-state index contributed by atoms with van der Waals surface area (Å²) in [5, 5.41) is 10.0. The first-order valence-electron chi connectivity index (χ1n) is 10.00. The van der Waals surface area contributed by atoms with Gasteiger partial charge in [0, 0.05) is 12.0 Å². The van der Waals surface area contributed by atoms with E-state index in [-0.39, 0.29) is 23.6 Å². The smallest absolute Gasteiger partial charge is 0.330 e. The summed E-state index contributed by atoms with van der Waals surface area (Å²) >= 11 is 0. The monoisotopic (exact) mass is 362 g/mol. The number of carbonyl (C=O) groups excluding carboxylic acids is 2. The molecule has 3 atom stereocenters. The Morgan fingerprint density at radius 1 is 1.27 bits per heavy atom. The quantitative estimate of drug-likeness (QED) is 0.226. The number of esters is 1. The van der Waals surface area contributed by atoms with E-state index in [1.165, 1.54) is 6.08 Å². The molecule has 0 bridgehead atoms. The SMILES string of the molecule is CCCCC[C@H](O)/C=C/[C@H]1C(=O)C=C[C@@H]1CCCC/C=C/C(=O)OCC. The molecule has 0 aromatic rings. The molecule has 1 rings (SSSR count). The lowest BCUT2D eigenvalue weighted by Gasteiger charge is -2.15. The van der Waals surface area contributed by atoms with E-state index in [0.717, 1.165) is 51.4 Å². The first kappa shape index (κ1) is 22.4. The lowest BCUT2D eigenvalue weighted by atomic mass is 9.89. The highest BCUT2D eigenvalue weighted by Crippen LogP contribution is 2.29. The summed E-state index contributed by atoms with van der Waals surface area (Å²) in [6.07, 6.45) is 18.0. The Bertz CT molecular complexity index is 504. The van der Waals surface area contributed by atoms with Crippen molar-refractivity contribution in [1.29, 1.82) is 0 Å². The van der Waals surface area contributed by atoms with Crippen LogP contribution in [0.4, 0.5) is 0 Å². The molecule has 26 heavy (non-hydrogen) atoms. The van der Waals surface area contributed by atoms with Crippen molar-refractivity contribution in [2.45, 2.75) is 71.3 Å². The Morgan fingerprint density at radius 3 is 2.81 bits per heavy atom. The third-order valence-corrected chi connectivity index (χ3v) is 4.64.